The van der Waals surface area contributed by atoms with Crippen molar-refractivity contribution in [2.75, 3.05) is 0 Å². The Labute approximate surface area is 75.0 Å². The molecule has 0 saturated carbocycles. The molecule has 2 atom stereocenters. The van der Waals surface area contributed by atoms with Crippen LogP contribution in [0.3, 0.4) is 0 Å². The molecule has 0 aliphatic carbocycles. The minimum absolute atomic E-state index is 0.102. The van der Waals surface area contributed by atoms with Gasteiger partial charge in [0.05, 0.1) is 6.10 Å². The number of hydrogen-bond acceptors (Lipinski definition) is 2. The lowest BCUT2D eigenvalue weighted by atomic mass is 9.92. The SMILES string of the molecule is CC(=O)CC(C)C(O)CC(C)C. The van der Waals surface area contributed by atoms with Crippen molar-refractivity contribution in [1.82, 2.24) is 0 Å². The molecule has 0 aliphatic heterocycles. The molecule has 72 valence electrons. The second-order valence-electron chi connectivity index (χ2n) is 4.08. The van der Waals surface area contributed by atoms with Gasteiger partial charge in [-0.2, -0.15) is 0 Å². The molecule has 0 saturated heterocycles. The van der Waals surface area contributed by atoms with E-state index in [1.54, 1.807) is 6.92 Å². The van der Waals surface area contributed by atoms with Gasteiger partial charge >= 0.3 is 0 Å². The van der Waals surface area contributed by atoms with Crippen LogP contribution in [0.2, 0.25) is 0 Å². The lowest BCUT2D eigenvalue weighted by molar-refractivity contribution is -0.118. The Morgan fingerprint density at radius 2 is 1.83 bits per heavy atom. The molecule has 0 radical (unpaired) electrons. The third-order valence-corrected chi connectivity index (χ3v) is 1.98. The van der Waals surface area contributed by atoms with Gasteiger partial charge in [0.15, 0.2) is 0 Å². The van der Waals surface area contributed by atoms with E-state index in [9.17, 15) is 9.90 Å². The molecule has 0 aromatic heterocycles. The van der Waals surface area contributed by atoms with Crippen molar-refractivity contribution in [1.29, 1.82) is 0 Å². The van der Waals surface area contributed by atoms with Crippen LogP contribution in [-0.2, 0) is 4.79 Å². The smallest absolute Gasteiger partial charge is 0.130 e. The van der Waals surface area contributed by atoms with Crippen molar-refractivity contribution >= 4 is 5.78 Å². The van der Waals surface area contributed by atoms with Crippen molar-refractivity contribution in [2.24, 2.45) is 11.8 Å². The van der Waals surface area contributed by atoms with E-state index in [1.807, 2.05) is 6.92 Å². The molecular weight excluding hydrogens is 152 g/mol. The number of aliphatic hydroxyl groups is 1. The number of aliphatic hydroxyl groups excluding tert-OH is 1. The van der Waals surface area contributed by atoms with Crippen molar-refractivity contribution in [2.45, 2.75) is 46.6 Å². The maximum absolute atomic E-state index is 10.7. The molecule has 0 heterocycles. The standard InChI is InChI=1S/C10H20O2/c1-7(2)5-10(12)8(3)6-9(4)11/h7-8,10,12H,5-6H2,1-4H3. The molecule has 0 spiro atoms. The van der Waals surface area contributed by atoms with Gasteiger partial charge in [-0.3, -0.25) is 0 Å². The molecule has 0 aliphatic rings. The van der Waals surface area contributed by atoms with Gasteiger partial charge in [0, 0.05) is 6.42 Å². The average Bonchev–Trinajstić information content (AvgIpc) is 1.84. The summed E-state index contributed by atoms with van der Waals surface area (Å²) >= 11 is 0. The van der Waals surface area contributed by atoms with Crippen LogP contribution in [0.4, 0.5) is 0 Å². The van der Waals surface area contributed by atoms with Gasteiger partial charge in [-0.15, -0.1) is 0 Å². The number of hydrogen-bond donors (Lipinski definition) is 1. The van der Waals surface area contributed by atoms with E-state index in [-0.39, 0.29) is 17.8 Å². The Balaban J connectivity index is 3.76. The van der Waals surface area contributed by atoms with Gasteiger partial charge in [-0.25, -0.2) is 0 Å². The first kappa shape index (κ1) is 11.6. The van der Waals surface area contributed by atoms with Crippen LogP contribution in [0.15, 0.2) is 0 Å². The molecule has 0 aromatic carbocycles. The Morgan fingerprint density at radius 1 is 1.33 bits per heavy atom. The maximum Gasteiger partial charge on any atom is 0.130 e. The van der Waals surface area contributed by atoms with Gasteiger partial charge in [0.25, 0.3) is 0 Å². The van der Waals surface area contributed by atoms with Gasteiger partial charge < -0.3 is 9.90 Å². The minimum Gasteiger partial charge on any atom is -0.393 e. The fourth-order valence-electron chi connectivity index (χ4n) is 1.30. The average molecular weight is 172 g/mol. The Bertz CT molecular complexity index is 141. The molecule has 0 bridgehead atoms. The highest BCUT2D eigenvalue weighted by Gasteiger charge is 2.16. The predicted octanol–water partition coefficient (Wildman–Crippen LogP) is 2.01. The highest BCUT2D eigenvalue weighted by Crippen LogP contribution is 2.15. The van der Waals surface area contributed by atoms with E-state index in [0.717, 1.165) is 6.42 Å². The number of ketones is 1. The number of carbonyl (C=O) groups excluding carboxylic acids is 1. The zero-order valence-corrected chi connectivity index (χ0v) is 8.50. The third-order valence-electron chi connectivity index (χ3n) is 1.98. The largest absolute Gasteiger partial charge is 0.393 e. The monoisotopic (exact) mass is 172 g/mol. The molecule has 2 heteroatoms. The Kier molecular flexibility index (Phi) is 5.14. The van der Waals surface area contributed by atoms with Crippen LogP contribution in [0, 0.1) is 11.8 Å². The normalized spacial score (nSPS) is 16.2. The highest BCUT2D eigenvalue weighted by atomic mass is 16.3. The molecule has 0 rings (SSSR count). The first-order valence-corrected chi connectivity index (χ1v) is 4.61. The zero-order valence-electron chi connectivity index (χ0n) is 8.50. The molecule has 0 fully saturated rings. The van der Waals surface area contributed by atoms with E-state index in [1.165, 1.54) is 0 Å². The minimum atomic E-state index is -0.325. The number of carbonyl (C=O) groups is 1. The lowest BCUT2D eigenvalue weighted by Gasteiger charge is -2.19. The summed E-state index contributed by atoms with van der Waals surface area (Å²) in [7, 11) is 0. The summed E-state index contributed by atoms with van der Waals surface area (Å²) < 4.78 is 0. The van der Waals surface area contributed by atoms with Crippen molar-refractivity contribution < 1.29 is 9.90 Å². The first-order valence-electron chi connectivity index (χ1n) is 4.61. The van der Waals surface area contributed by atoms with Gasteiger partial charge in [0.2, 0.25) is 0 Å². The Hall–Kier alpha value is -0.370. The summed E-state index contributed by atoms with van der Waals surface area (Å²) in [4.78, 5) is 10.7. The summed E-state index contributed by atoms with van der Waals surface area (Å²) in [5.74, 6) is 0.754. The van der Waals surface area contributed by atoms with E-state index < -0.39 is 0 Å². The number of rotatable bonds is 5. The molecule has 1 N–H and O–H groups in total. The molecule has 2 unspecified atom stereocenters. The quantitative estimate of drug-likeness (QED) is 0.688. The second kappa shape index (κ2) is 5.31. The lowest BCUT2D eigenvalue weighted by Crippen LogP contribution is -2.21. The summed E-state index contributed by atoms with van der Waals surface area (Å²) in [6.45, 7) is 7.64. The van der Waals surface area contributed by atoms with Gasteiger partial charge in [-0.1, -0.05) is 20.8 Å². The fourth-order valence-corrected chi connectivity index (χ4v) is 1.30. The third kappa shape index (κ3) is 5.30. The van der Waals surface area contributed by atoms with Crippen LogP contribution in [0.5, 0.6) is 0 Å². The van der Waals surface area contributed by atoms with Gasteiger partial charge in [-0.05, 0) is 25.2 Å². The molecule has 0 amide bonds. The van der Waals surface area contributed by atoms with Crippen LogP contribution in [-0.4, -0.2) is 17.0 Å². The molecule has 12 heavy (non-hydrogen) atoms. The van der Waals surface area contributed by atoms with E-state index in [2.05, 4.69) is 13.8 Å². The van der Waals surface area contributed by atoms with Crippen molar-refractivity contribution in [3.63, 3.8) is 0 Å². The van der Waals surface area contributed by atoms with E-state index >= 15 is 0 Å². The fraction of sp³-hybridized carbons (Fsp3) is 0.900. The summed E-state index contributed by atoms with van der Waals surface area (Å²) in [5, 5.41) is 9.58. The van der Waals surface area contributed by atoms with Crippen LogP contribution in [0.25, 0.3) is 0 Å². The summed E-state index contributed by atoms with van der Waals surface area (Å²) in [6.07, 6.45) is 0.955. The topological polar surface area (TPSA) is 37.3 Å². The molecule has 0 aromatic rings. The van der Waals surface area contributed by atoms with Gasteiger partial charge in [0.1, 0.15) is 5.78 Å². The van der Waals surface area contributed by atoms with E-state index in [0.29, 0.717) is 12.3 Å². The second-order valence-corrected chi connectivity index (χ2v) is 4.08. The zero-order chi connectivity index (χ0) is 9.72. The van der Waals surface area contributed by atoms with Crippen molar-refractivity contribution in [3.05, 3.63) is 0 Å². The maximum atomic E-state index is 10.7. The first-order chi connectivity index (χ1) is 5.43. The van der Waals surface area contributed by atoms with E-state index in [4.69, 9.17) is 0 Å². The summed E-state index contributed by atoms with van der Waals surface area (Å²) in [5.41, 5.74) is 0. The van der Waals surface area contributed by atoms with Crippen LogP contribution in [0.1, 0.15) is 40.5 Å². The highest BCUT2D eigenvalue weighted by molar-refractivity contribution is 5.75. The number of Topliss-reactive ketones (excluding diaryl/α,β-unsaturated/α-hetero) is 1. The molecule has 2 nitrogen and oxygen atoms in total. The predicted molar refractivity (Wildman–Crippen MR) is 49.9 cm³/mol. The van der Waals surface area contributed by atoms with Crippen molar-refractivity contribution in [3.8, 4) is 0 Å². The van der Waals surface area contributed by atoms with Crippen LogP contribution >= 0.6 is 0 Å². The Morgan fingerprint density at radius 3 is 2.17 bits per heavy atom. The summed E-state index contributed by atoms with van der Waals surface area (Å²) in [6, 6.07) is 0. The van der Waals surface area contributed by atoms with Crippen LogP contribution < -0.4 is 0 Å². The molecular formula is C10H20O2.